The molecule has 0 bridgehead atoms. The van der Waals surface area contributed by atoms with Crippen molar-refractivity contribution < 1.29 is 13.6 Å². The van der Waals surface area contributed by atoms with Crippen LogP contribution in [0, 0.1) is 0 Å². The Balaban J connectivity index is 1.31. The Bertz CT molecular complexity index is 1430. The molecule has 0 atom stereocenters. The Kier molecular flexibility index (Phi) is 5.17. The van der Waals surface area contributed by atoms with Crippen molar-refractivity contribution in [3.05, 3.63) is 84.1 Å². The van der Waals surface area contributed by atoms with Crippen molar-refractivity contribution in [2.75, 3.05) is 5.32 Å². The Hall–Kier alpha value is -3.97. The van der Waals surface area contributed by atoms with Gasteiger partial charge in [-0.2, -0.15) is 0 Å². The lowest BCUT2D eigenvalue weighted by atomic mass is 10.1. The van der Waals surface area contributed by atoms with Gasteiger partial charge in [-0.15, -0.1) is 0 Å². The summed E-state index contributed by atoms with van der Waals surface area (Å²) in [6.07, 6.45) is 0.939. The van der Waals surface area contributed by atoms with Crippen molar-refractivity contribution in [1.29, 1.82) is 0 Å². The topological polar surface area (TPSA) is 80.3 Å². The number of anilines is 1. The summed E-state index contributed by atoms with van der Waals surface area (Å²) in [5.41, 5.74) is 4.92. The van der Waals surface area contributed by atoms with Gasteiger partial charge in [0.25, 0.3) is 5.91 Å². The minimum absolute atomic E-state index is 0.165. The number of thiocarbonyl (C=S) groups is 1. The van der Waals surface area contributed by atoms with Gasteiger partial charge in [-0.1, -0.05) is 37.3 Å². The van der Waals surface area contributed by atoms with Crippen LogP contribution in [0.1, 0.15) is 23.0 Å². The number of nitrogens with zero attached hydrogens (tertiary/aromatic N) is 1. The van der Waals surface area contributed by atoms with Crippen molar-refractivity contribution in [1.82, 2.24) is 10.3 Å². The molecule has 0 fully saturated rings. The fourth-order valence-electron chi connectivity index (χ4n) is 3.47. The first-order chi connectivity index (χ1) is 15.6. The van der Waals surface area contributed by atoms with Crippen LogP contribution in [-0.4, -0.2) is 16.0 Å². The molecule has 7 heteroatoms. The maximum absolute atomic E-state index is 12.5. The number of para-hydroxylation sites is 1. The van der Waals surface area contributed by atoms with Crippen LogP contribution in [0.15, 0.2) is 81.6 Å². The molecule has 158 valence electrons. The van der Waals surface area contributed by atoms with Gasteiger partial charge in [0.1, 0.15) is 11.1 Å². The van der Waals surface area contributed by atoms with E-state index in [1.807, 2.05) is 66.7 Å². The first kappa shape index (κ1) is 20.0. The van der Waals surface area contributed by atoms with Crippen molar-refractivity contribution in [2.24, 2.45) is 0 Å². The summed E-state index contributed by atoms with van der Waals surface area (Å²) in [6.45, 7) is 2.10. The maximum Gasteiger partial charge on any atom is 0.293 e. The predicted molar refractivity (Wildman–Crippen MR) is 129 cm³/mol. The van der Waals surface area contributed by atoms with E-state index >= 15 is 0 Å². The molecule has 2 aromatic heterocycles. The number of carbonyl (C=O) groups is 1. The van der Waals surface area contributed by atoms with Crippen LogP contribution < -0.4 is 10.6 Å². The largest absolute Gasteiger partial charge is 0.451 e. The number of hydrogen-bond acceptors (Lipinski definition) is 5. The number of aryl methyl sites for hydroxylation is 1. The SMILES string of the molecule is CCc1ccc2oc(-c3cccc(NC(=S)NC(=O)c4cc5ccccc5o4)c3)nc2c1. The number of fused-ring (bicyclic) bond motifs is 2. The Morgan fingerprint density at radius 2 is 1.84 bits per heavy atom. The maximum atomic E-state index is 12.5. The minimum atomic E-state index is -0.416. The number of benzene rings is 3. The third kappa shape index (κ3) is 3.98. The molecule has 2 heterocycles. The highest BCUT2D eigenvalue weighted by molar-refractivity contribution is 7.80. The van der Waals surface area contributed by atoms with E-state index in [2.05, 4.69) is 22.5 Å². The highest BCUT2D eigenvalue weighted by Crippen LogP contribution is 2.27. The second kappa shape index (κ2) is 8.28. The van der Waals surface area contributed by atoms with E-state index in [0.29, 0.717) is 17.2 Å². The number of rotatable bonds is 4. The first-order valence-corrected chi connectivity index (χ1v) is 10.6. The van der Waals surface area contributed by atoms with Crippen LogP contribution >= 0.6 is 12.2 Å². The minimum Gasteiger partial charge on any atom is -0.451 e. The average Bonchev–Trinajstić information content (AvgIpc) is 3.43. The second-order valence-corrected chi connectivity index (χ2v) is 7.72. The normalized spacial score (nSPS) is 11.0. The molecule has 0 saturated carbocycles. The molecule has 6 nitrogen and oxygen atoms in total. The van der Waals surface area contributed by atoms with Crippen molar-refractivity contribution in [3.63, 3.8) is 0 Å². The number of carbonyl (C=O) groups excluding carboxylic acids is 1. The third-order valence-corrected chi connectivity index (χ3v) is 5.31. The van der Waals surface area contributed by atoms with Crippen molar-refractivity contribution in [3.8, 4) is 11.5 Å². The van der Waals surface area contributed by atoms with Crippen LogP contribution in [0.3, 0.4) is 0 Å². The van der Waals surface area contributed by atoms with Crippen molar-refractivity contribution >= 4 is 51.0 Å². The van der Waals surface area contributed by atoms with E-state index < -0.39 is 5.91 Å². The summed E-state index contributed by atoms with van der Waals surface area (Å²) in [5, 5.41) is 6.69. The summed E-state index contributed by atoms with van der Waals surface area (Å²) in [5.74, 6) is 0.302. The molecule has 2 N–H and O–H groups in total. The number of oxazole rings is 1. The smallest absolute Gasteiger partial charge is 0.293 e. The van der Waals surface area contributed by atoms with Gasteiger partial charge >= 0.3 is 0 Å². The van der Waals surface area contributed by atoms with Crippen molar-refractivity contribution in [2.45, 2.75) is 13.3 Å². The van der Waals surface area contributed by atoms with Gasteiger partial charge in [0, 0.05) is 16.6 Å². The molecule has 0 aliphatic rings. The van der Waals surface area contributed by atoms with Gasteiger partial charge in [-0.3, -0.25) is 10.1 Å². The standard InChI is InChI=1S/C25H19N3O3S/c1-2-15-10-11-21-19(12-15)27-24(31-21)17-7-5-8-18(13-17)26-25(32)28-23(29)22-14-16-6-3-4-9-20(16)30-22/h3-14H,2H2,1H3,(H2,26,28,29,32). The van der Waals surface area contributed by atoms with E-state index in [9.17, 15) is 4.79 Å². The summed E-state index contributed by atoms with van der Waals surface area (Å²) in [4.78, 5) is 17.1. The predicted octanol–water partition coefficient (Wildman–Crippen LogP) is 5.93. The molecule has 0 unspecified atom stereocenters. The Morgan fingerprint density at radius 1 is 0.969 bits per heavy atom. The van der Waals surface area contributed by atoms with E-state index in [-0.39, 0.29) is 10.9 Å². The molecule has 32 heavy (non-hydrogen) atoms. The molecule has 5 aromatic rings. The molecular weight excluding hydrogens is 422 g/mol. The third-order valence-electron chi connectivity index (χ3n) is 5.10. The van der Waals surface area contributed by atoms with Gasteiger partial charge in [0.05, 0.1) is 0 Å². The van der Waals surface area contributed by atoms with Gasteiger partial charge in [-0.25, -0.2) is 4.98 Å². The van der Waals surface area contributed by atoms with Crippen LogP contribution in [0.4, 0.5) is 5.69 Å². The van der Waals surface area contributed by atoms with Crippen LogP contribution in [0.2, 0.25) is 0 Å². The zero-order valence-corrected chi connectivity index (χ0v) is 18.0. The van der Waals surface area contributed by atoms with E-state index in [1.54, 1.807) is 6.07 Å². The lowest BCUT2D eigenvalue weighted by Gasteiger charge is -2.09. The van der Waals surface area contributed by atoms with E-state index in [4.69, 9.17) is 21.1 Å². The first-order valence-electron chi connectivity index (χ1n) is 10.2. The summed E-state index contributed by atoms with van der Waals surface area (Å²) < 4.78 is 11.5. The molecular formula is C25H19N3O3S. The van der Waals surface area contributed by atoms with Gasteiger partial charge in [-0.05, 0) is 66.7 Å². The molecule has 0 saturated heterocycles. The van der Waals surface area contributed by atoms with Gasteiger partial charge < -0.3 is 14.2 Å². The number of aromatic nitrogens is 1. The fourth-order valence-corrected chi connectivity index (χ4v) is 3.68. The molecule has 0 aliphatic carbocycles. The number of furan rings is 1. The lowest BCUT2D eigenvalue weighted by molar-refractivity contribution is 0.0953. The van der Waals surface area contributed by atoms with Crippen LogP contribution in [-0.2, 0) is 6.42 Å². The quantitative estimate of drug-likeness (QED) is 0.337. The average molecular weight is 442 g/mol. The summed E-state index contributed by atoms with van der Waals surface area (Å²) in [6, 6.07) is 22.6. The molecule has 0 aliphatic heterocycles. The van der Waals surface area contributed by atoms with Gasteiger partial charge in [0.15, 0.2) is 16.5 Å². The molecule has 1 amide bonds. The zero-order valence-electron chi connectivity index (χ0n) is 17.2. The van der Waals surface area contributed by atoms with E-state index in [0.717, 1.165) is 28.5 Å². The van der Waals surface area contributed by atoms with Crippen LogP contribution in [0.25, 0.3) is 33.5 Å². The fraction of sp³-hybridized carbons (Fsp3) is 0.0800. The Morgan fingerprint density at radius 3 is 2.69 bits per heavy atom. The zero-order chi connectivity index (χ0) is 22.1. The van der Waals surface area contributed by atoms with Gasteiger partial charge in [0.2, 0.25) is 5.89 Å². The molecule has 3 aromatic carbocycles. The summed E-state index contributed by atoms with van der Waals surface area (Å²) >= 11 is 5.31. The van der Waals surface area contributed by atoms with E-state index in [1.165, 1.54) is 5.56 Å². The second-order valence-electron chi connectivity index (χ2n) is 7.31. The highest BCUT2D eigenvalue weighted by atomic mass is 32.1. The number of nitrogens with one attached hydrogen (secondary N) is 2. The molecule has 0 radical (unpaired) electrons. The number of amides is 1. The molecule has 5 rings (SSSR count). The molecule has 0 spiro atoms. The number of hydrogen-bond donors (Lipinski definition) is 2. The lowest BCUT2D eigenvalue weighted by Crippen LogP contribution is -2.33. The van der Waals surface area contributed by atoms with Crippen LogP contribution in [0.5, 0.6) is 0 Å². The highest BCUT2D eigenvalue weighted by Gasteiger charge is 2.14. The monoisotopic (exact) mass is 441 g/mol. The summed E-state index contributed by atoms with van der Waals surface area (Å²) in [7, 11) is 0. The Labute approximate surface area is 189 Å².